The lowest BCUT2D eigenvalue weighted by molar-refractivity contribution is -0.122. The van der Waals surface area contributed by atoms with Crippen LogP contribution in [-0.2, 0) is 19.6 Å². The predicted molar refractivity (Wildman–Crippen MR) is 134 cm³/mol. The Bertz CT molecular complexity index is 1290. The lowest BCUT2D eigenvalue weighted by atomic mass is 10.2. The number of hydrogen-bond acceptors (Lipinski definition) is 8. The van der Waals surface area contributed by atoms with E-state index in [2.05, 4.69) is 0 Å². The van der Waals surface area contributed by atoms with E-state index in [0.29, 0.717) is 54.0 Å². The van der Waals surface area contributed by atoms with Gasteiger partial charge in [-0.2, -0.15) is 4.31 Å². The lowest BCUT2D eigenvalue weighted by Crippen LogP contribution is -2.49. The number of ether oxygens (including phenoxy) is 2. The van der Waals surface area contributed by atoms with Gasteiger partial charge in [0.25, 0.3) is 10.0 Å². The van der Waals surface area contributed by atoms with Gasteiger partial charge in [0.05, 0.1) is 29.5 Å². The van der Waals surface area contributed by atoms with Crippen molar-refractivity contribution in [3.8, 4) is 5.75 Å². The summed E-state index contributed by atoms with van der Waals surface area (Å²) in [4.78, 5) is 20.2. The molecule has 0 bridgehead atoms. The first kappa shape index (κ1) is 24.0. The maximum Gasteiger partial charge on any atom is 0.253 e. The zero-order valence-electron chi connectivity index (χ0n) is 18.5. The number of nitrogens with zero attached hydrogens (tertiary/aromatic N) is 3. The Hall–Kier alpha value is -1.76. The maximum absolute atomic E-state index is 13.9. The molecule has 2 saturated heterocycles. The molecule has 0 saturated carbocycles. The average Bonchev–Trinajstić information content (AvgIpc) is 3.64. The molecule has 2 aliphatic rings. The van der Waals surface area contributed by atoms with Gasteiger partial charge < -0.3 is 9.47 Å². The van der Waals surface area contributed by atoms with Crippen LogP contribution in [0.3, 0.4) is 0 Å². The number of anilines is 1. The number of thiazole rings is 1. The smallest absolute Gasteiger partial charge is 0.253 e. The summed E-state index contributed by atoms with van der Waals surface area (Å²) < 4.78 is 40.1. The Labute approximate surface area is 211 Å². The second kappa shape index (κ2) is 9.71. The van der Waals surface area contributed by atoms with Gasteiger partial charge in [0, 0.05) is 13.2 Å². The van der Waals surface area contributed by atoms with Crippen molar-refractivity contribution >= 4 is 65.6 Å². The van der Waals surface area contributed by atoms with E-state index in [-0.39, 0.29) is 16.2 Å². The fraction of sp³-hybridized carbons (Fsp3) is 0.455. The van der Waals surface area contributed by atoms with Crippen LogP contribution in [0.1, 0.15) is 25.7 Å². The Kier molecular flexibility index (Phi) is 6.84. The number of halogens is 1. The highest BCUT2D eigenvalue weighted by Crippen LogP contribution is 2.40. The van der Waals surface area contributed by atoms with Crippen molar-refractivity contribution in [3.05, 3.63) is 34.7 Å². The fourth-order valence-electron chi connectivity index (χ4n) is 4.46. The summed E-state index contributed by atoms with van der Waals surface area (Å²) in [6.45, 7) is 1.26. The Morgan fingerprint density at radius 3 is 2.88 bits per heavy atom. The summed E-state index contributed by atoms with van der Waals surface area (Å²) in [6.07, 6.45) is 2.71. The molecule has 34 heavy (non-hydrogen) atoms. The molecule has 3 aromatic rings. The van der Waals surface area contributed by atoms with E-state index in [0.717, 1.165) is 28.9 Å². The summed E-state index contributed by atoms with van der Waals surface area (Å²) in [5.41, 5.74) is 0.578. The summed E-state index contributed by atoms with van der Waals surface area (Å²) >= 11 is 8.88. The number of amides is 1. The molecule has 1 amide bonds. The second-order valence-electron chi connectivity index (χ2n) is 8.21. The number of sulfonamides is 1. The second-order valence-corrected chi connectivity index (χ2v) is 12.7. The van der Waals surface area contributed by atoms with Gasteiger partial charge in [0.15, 0.2) is 5.13 Å². The van der Waals surface area contributed by atoms with E-state index < -0.39 is 16.1 Å². The number of aromatic nitrogens is 1. The molecule has 2 atom stereocenters. The van der Waals surface area contributed by atoms with Crippen molar-refractivity contribution in [3.63, 3.8) is 0 Å². The number of carbonyl (C=O) groups excluding carboxylic acids is 1. The van der Waals surface area contributed by atoms with Gasteiger partial charge in [0.2, 0.25) is 5.91 Å². The van der Waals surface area contributed by atoms with Crippen molar-refractivity contribution in [2.45, 2.75) is 42.0 Å². The molecule has 8 nitrogen and oxygen atoms in total. The monoisotopic (exact) mass is 541 g/mol. The first-order valence-corrected chi connectivity index (χ1v) is 14.5. The van der Waals surface area contributed by atoms with Gasteiger partial charge in [-0.1, -0.05) is 29.0 Å². The predicted octanol–water partition coefficient (Wildman–Crippen LogP) is 4.39. The minimum atomic E-state index is -3.76. The molecule has 0 radical (unpaired) electrons. The standard InChI is InChI=1S/C22H24ClN3O5S3/c1-30-17-9-8-15(23)20-19(17)24-22(33-20)25(13-14-5-3-11-31-14)21(27)16-6-2-10-26(16)34(28,29)18-7-4-12-32-18/h4,7-9,12,14,16H,2-3,5-6,10-11,13H2,1H3. The molecule has 2 fully saturated rings. The summed E-state index contributed by atoms with van der Waals surface area (Å²) in [7, 11) is -2.20. The number of carbonyl (C=O) groups is 1. The molecular formula is C22H24ClN3O5S3. The van der Waals surface area contributed by atoms with Crippen LogP contribution in [0.2, 0.25) is 5.02 Å². The van der Waals surface area contributed by atoms with E-state index in [1.165, 1.54) is 15.6 Å². The molecule has 12 heteroatoms. The minimum Gasteiger partial charge on any atom is -0.494 e. The maximum atomic E-state index is 13.9. The number of benzene rings is 1. The zero-order valence-corrected chi connectivity index (χ0v) is 21.7. The third kappa shape index (κ3) is 4.33. The van der Waals surface area contributed by atoms with Crippen LogP contribution in [0.5, 0.6) is 5.75 Å². The van der Waals surface area contributed by atoms with E-state index in [4.69, 9.17) is 26.1 Å². The third-order valence-electron chi connectivity index (χ3n) is 6.12. The van der Waals surface area contributed by atoms with Crippen LogP contribution in [-0.4, -0.2) is 62.6 Å². The van der Waals surface area contributed by atoms with Crippen molar-refractivity contribution in [1.82, 2.24) is 9.29 Å². The van der Waals surface area contributed by atoms with Gasteiger partial charge in [-0.25, -0.2) is 13.4 Å². The fourth-order valence-corrected chi connectivity index (χ4v) is 8.50. The van der Waals surface area contributed by atoms with E-state index in [1.807, 2.05) is 0 Å². The lowest BCUT2D eigenvalue weighted by Gasteiger charge is -2.29. The topological polar surface area (TPSA) is 89.0 Å². The normalized spacial score (nSPS) is 21.4. The number of hydrogen-bond donors (Lipinski definition) is 0. The van der Waals surface area contributed by atoms with Crippen molar-refractivity contribution < 1.29 is 22.7 Å². The molecule has 182 valence electrons. The Morgan fingerprint density at radius 1 is 1.32 bits per heavy atom. The highest BCUT2D eigenvalue weighted by molar-refractivity contribution is 7.91. The van der Waals surface area contributed by atoms with Crippen LogP contribution in [0.4, 0.5) is 5.13 Å². The molecule has 0 N–H and O–H groups in total. The third-order valence-corrected chi connectivity index (χ3v) is 10.9. The van der Waals surface area contributed by atoms with Gasteiger partial charge in [0.1, 0.15) is 21.5 Å². The van der Waals surface area contributed by atoms with E-state index in [1.54, 1.807) is 41.7 Å². The minimum absolute atomic E-state index is 0.128. The van der Waals surface area contributed by atoms with Gasteiger partial charge in [-0.3, -0.25) is 9.69 Å². The SMILES string of the molecule is COc1ccc(Cl)c2sc(N(CC3CCCO3)C(=O)C3CCCN3S(=O)(=O)c3cccs3)nc12. The highest BCUT2D eigenvalue weighted by atomic mass is 35.5. The van der Waals surface area contributed by atoms with Crippen molar-refractivity contribution in [2.24, 2.45) is 0 Å². The van der Waals surface area contributed by atoms with E-state index in [9.17, 15) is 13.2 Å². The first-order chi connectivity index (χ1) is 16.4. The van der Waals surface area contributed by atoms with Gasteiger partial charge in [-0.15, -0.1) is 11.3 Å². The first-order valence-electron chi connectivity index (χ1n) is 11.0. The molecule has 2 aromatic heterocycles. The molecule has 0 aliphatic carbocycles. The van der Waals surface area contributed by atoms with E-state index >= 15 is 0 Å². The van der Waals surface area contributed by atoms with Gasteiger partial charge >= 0.3 is 0 Å². The summed E-state index contributed by atoms with van der Waals surface area (Å²) in [6, 6.07) is 5.96. The molecule has 0 spiro atoms. The largest absolute Gasteiger partial charge is 0.494 e. The molecule has 2 unspecified atom stereocenters. The molecule has 5 rings (SSSR count). The summed E-state index contributed by atoms with van der Waals surface area (Å²) in [5, 5.41) is 2.70. The molecular weight excluding hydrogens is 518 g/mol. The number of methoxy groups -OCH3 is 1. The van der Waals surface area contributed by atoms with Gasteiger partial charge in [-0.05, 0) is 49.3 Å². The van der Waals surface area contributed by atoms with Crippen LogP contribution >= 0.6 is 34.3 Å². The number of fused-ring (bicyclic) bond motifs is 1. The average molecular weight is 542 g/mol. The quantitative estimate of drug-likeness (QED) is 0.441. The zero-order chi connectivity index (χ0) is 23.9. The van der Waals surface area contributed by atoms with Crippen LogP contribution in [0.25, 0.3) is 10.2 Å². The molecule has 1 aromatic carbocycles. The number of thiophene rings is 1. The van der Waals surface area contributed by atoms with Crippen molar-refractivity contribution in [2.75, 3.05) is 31.7 Å². The Morgan fingerprint density at radius 2 is 2.18 bits per heavy atom. The highest BCUT2D eigenvalue weighted by Gasteiger charge is 2.43. The summed E-state index contributed by atoms with van der Waals surface area (Å²) in [5.74, 6) is 0.274. The van der Waals surface area contributed by atoms with Crippen LogP contribution < -0.4 is 9.64 Å². The Balaban J connectivity index is 1.53. The molecule has 4 heterocycles. The number of rotatable bonds is 7. The van der Waals surface area contributed by atoms with Crippen LogP contribution in [0, 0.1) is 0 Å². The van der Waals surface area contributed by atoms with Crippen LogP contribution in [0.15, 0.2) is 33.9 Å². The molecule has 2 aliphatic heterocycles. The van der Waals surface area contributed by atoms with Crippen molar-refractivity contribution in [1.29, 1.82) is 0 Å².